The number of likely N-dealkylation sites (N-methyl/N-ethyl adjacent to an activating group) is 1. The van der Waals surface area contributed by atoms with Gasteiger partial charge in [0.15, 0.2) is 0 Å². The summed E-state index contributed by atoms with van der Waals surface area (Å²) in [6.07, 6.45) is 2.31. The zero-order valence-electron chi connectivity index (χ0n) is 11.7. The summed E-state index contributed by atoms with van der Waals surface area (Å²) in [7, 11) is 0. The molecular formula is C15H23N3O. The number of amides is 1. The van der Waals surface area contributed by atoms with Crippen molar-refractivity contribution in [3.05, 3.63) is 29.8 Å². The molecule has 1 aromatic carbocycles. The van der Waals surface area contributed by atoms with Gasteiger partial charge in [0, 0.05) is 24.8 Å². The molecule has 1 aliphatic carbocycles. The molecule has 1 unspecified atom stereocenters. The fourth-order valence-electron chi connectivity index (χ4n) is 2.30. The summed E-state index contributed by atoms with van der Waals surface area (Å²) in [6.45, 7) is 5.68. The van der Waals surface area contributed by atoms with E-state index in [0.29, 0.717) is 12.6 Å². The number of para-hydroxylation sites is 1. The van der Waals surface area contributed by atoms with Gasteiger partial charge >= 0.3 is 0 Å². The molecule has 2 rings (SSSR count). The van der Waals surface area contributed by atoms with E-state index in [1.807, 2.05) is 12.1 Å². The molecule has 1 atom stereocenters. The number of carbonyl (C=O) groups excluding carboxylic acids is 1. The molecule has 0 radical (unpaired) electrons. The van der Waals surface area contributed by atoms with Crippen LogP contribution in [0.5, 0.6) is 0 Å². The number of benzene rings is 1. The number of rotatable bonds is 7. The van der Waals surface area contributed by atoms with Crippen LogP contribution in [0.15, 0.2) is 24.3 Å². The Morgan fingerprint density at radius 1 is 1.47 bits per heavy atom. The molecule has 1 fully saturated rings. The fourth-order valence-corrected chi connectivity index (χ4v) is 2.30. The predicted molar refractivity (Wildman–Crippen MR) is 78.2 cm³/mol. The second-order valence-corrected chi connectivity index (χ2v) is 5.22. The number of carbonyl (C=O) groups is 1. The van der Waals surface area contributed by atoms with E-state index in [4.69, 9.17) is 5.73 Å². The molecule has 0 aromatic heterocycles. The third-order valence-electron chi connectivity index (χ3n) is 3.60. The molecule has 1 amide bonds. The summed E-state index contributed by atoms with van der Waals surface area (Å²) in [6, 6.07) is 8.44. The van der Waals surface area contributed by atoms with Gasteiger partial charge in [-0.05, 0) is 38.3 Å². The van der Waals surface area contributed by atoms with Gasteiger partial charge in [0.1, 0.15) is 6.04 Å². The number of nitrogens with zero attached hydrogens (tertiary/aromatic N) is 1. The topological polar surface area (TPSA) is 58.4 Å². The van der Waals surface area contributed by atoms with E-state index >= 15 is 0 Å². The van der Waals surface area contributed by atoms with Gasteiger partial charge in [0.05, 0.1) is 0 Å². The van der Waals surface area contributed by atoms with E-state index in [0.717, 1.165) is 19.4 Å². The fraction of sp³-hybridized carbons (Fsp3) is 0.533. The first-order valence-corrected chi connectivity index (χ1v) is 6.97. The lowest BCUT2D eigenvalue weighted by atomic mass is 10.1. The quantitative estimate of drug-likeness (QED) is 0.780. The molecule has 104 valence electrons. The molecule has 19 heavy (non-hydrogen) atoms. The maximum Gasteiger partial charge on any atom is 0.236 e. The second-order valence-electron chi connectivity index (χ2n) is 5.22. The Kier molecular flexibility index (Phi) is 4.43. The zero-order chi connectivity index (χ0) is 13.8. The number of aryl methyl sites for hydroxylation is 1. The molecule has 1 aliphatic rings. The molecule has 0 heterocycles. The molecule has 1 saturated carbocycles. The van der Waals surface area contributed by atoms with Crippen LogP contribution in [-0.4, -0.2) is 31.1 Å². The van der Waals surface area contributed by atoms with Crippen molar-refractivity contribution in [2.45, 2.75) is 38.8 Å². The van der Waals surface area contributed by atoms with Crippen molar-refractivity contribution in [3.63, 3.8) is 0 Å². The highest BCUT2D eigenvalue weighted by molar-refractivity contribution is 5.80. The summed E-state index contributed by atoms with van der Waals surface area (Å²) in [4.78, 5) is 13.8. The lowest BCUT2D eigenvalue weighted by Crippen LogP contribution is -2.50. The number of primary amides is 1. The van der Waals surface area contributed by atoms with Crippen molar-refractivity contribution in [3.8, 4) is 0 Å². The summed E-state index contributed by atoms with van der Waals surface area (Å²) in [5.74, 6) is -0.265. The van der Waals surface area contributed by atoms with Crippen molar-refractivity contribution in [2.24, 2.45) is 5.73 Å². The Morgan fingerprint density at radius 3 is 2.68 bits per heavy atom. The van der Waals surface area contributed by atoms with Crippen LogP contribution in [0.1, 0.15) is 25.3 Å². The van der Waals surface area contributed by atoms with Crippen LogP contribution in [0.4, 0.5) is 5.69 Å². The number of hydrogen-bond acceptors (Lipinski definition) is 3. The summed E-state index contributed by atoms with van der Waals surface area (Å²) in [5.41, 5.74) is 7.90. The maximum atomic E-state index is 11.6. The van der Waals surface area contributed by atoms with Gasteiger partial charge in [-0.1, -0.05) is 18.2 Å². The minimum atomic E-state index is -0.271. The lowest BCUT2D eigenvalue weighted by molar-refractivity contribution is -0.119. The largest absolute Gasteiger partial charge is 0.369 e. The van der Waals surface area contributed by atoms with E-state index in [1.54, 1.807) is 0 Å². The van der Waals surface area contributed by atoms with Crippen LogP contribution in [0.25, 0.3) is 0 Å². The second kappa shape index (κ2) is 6.06. The molecule has 3 N–H and O–H groups in total. The van der Waals surface area contributed by atoms with Crippen LogP contribution in [-0.2, 0) is 4.79 Å². The third kappa shape index (κ3) is 3.70. The SMILES string of the molecule is CCN(CC(NC1CC1)C(N)=O)c1ccccc1C. The standard InChI is InChI=1S/C15H23N3O/c1-3-18(14-7-5-4-6-11(14)2)10-13(15(16)19)17-12-8-9-12/h4-7,12-13,17H,3,8-10H2,1-2H3,(H2,16,19). The van der Waals surface area contributed by atoms with Crippen molar-refractivity contribution >= 4 is 11.6 Å². The minimum absolute atomic E-state index is 0.265. The molecule has 1 aromatic rings. The predicted octanol–water partition coefficient (Wildman–Crippen LogP) is 1.43. The Hall–Kier alpha value is -1.55. The average Bonchev–Trinajstić information content (AvgIpc) is 3.19. The Morgan fingerprint density at radius 2 is 2.16 bits per heavy atom. The first-order chi connectivity index (χ1) is 9.11. The third-order valence-corrected chi connectivity index (χ3v) is 3.60. The maximum absolute atomic E-state index is 11.6. The van der Waals surface area contributed by atoms with Gasteiger partial charge in [-0.15, -0.1) is 0 Å². The molecule has 4 heteroatoms. The van der Waals surface area contributed by atoms with Crippen LogP contribution < -0.4 is 16.0 Å². The average molecular weight is 261 g/mol. The highest BCUT2D eigenvalue weighted by atomic mass is 16.1. The van der Waals surface area contributed by atoms with E-state index in [1.165, 1.54) is 11.3 Å². The van der Waals surface area contributed by atoms with Crippen molar-refractivity contribution in [1.29, 1.82) is 0 Å². The Balaban J connectivity index is 2.08. The molecule has 0 aliphatic heterocycles. The molecule has 0 spiro atoms. The lowest BCUT2D eigenvalue weighted by Gasteiger charge is -2.28. The number of anilines is 1. The number of nitrogens with one attached hydrogen (secondary N) is 1. The van der Waals surface area contributed by atoms with E-state index in [2.05, 4.69) is 36.2 Å². The summed E-state index contributed by atoms with van der Waals surface area (Å²) in [5, 5.41) is 3.33. The van der Waals surface area contributed by atoms with Gasteiger partial charge in [0.2, 0.25) is 5.91 Å². The first kappa shape index (κ1) is 13.9. The Labute approximate surface area is 115 Å². The number of hydrogen-bond donors (Lipinski definition) is 2. The highest BCUT2D eigenvalue weighted by Crippen LogP contribution is 2.22. The smallest absolute Gasteiger partial charge is 0.236 e. The van der Waals surface area contributed by atoms with Crippen molar-refractivity contribution in [1.82, 2.24) is 5.32 Å². The normalized spacial score (nSPS) is 16.1. The summed E-state index contributed by atoms with van der Waals surface area (Å²) >= 11 is 0. The van der Waals surface area contributed by atoms with Crippen molar-refractivity contribution in [2.75, 3.05) is 18.0 Å². The van der Waals surface area contributed by atoms with Crippen LogP contribution in [0.3, 0.4) is 0 Å². The monoisotopic (exact) mass is 261 g/mol. The minimum Gasteiger partial charge on any atom is -0.369 e. The van der Waals surface area contributed by atoms with Gasteiger partial charge in [0.25, 0.3) is 0 Å². The van der Waals surface area contributed by atoms with E-state index in [9.17, 15) is 4.79 Å². The van der Waals surface area contributed by atoms with Gasteiger partial charge < -0.3 is 16.0 Å². The highest BCUT2D eigenvalue weighted by Gasteiger charge is 2.28. The first-order valence-electron chi connectivity index (χ1n) is 6.97. The van der Waals surface area contributed by atoms with E-state index < -0.39 is 0 Å². The van der Waals surface area contributed by atoms with Gasteiger partial charge in [-0.25, -0.2) is 0 Å². The molecule has 0 saturated heterocycles. The van der Waals surface area contributed by atoms with Crippen molar-refractivity contribution < 1.29 is 4.79 Å². The molecule has 4 nitrogen and oxygen atoms in total. The van der Waals surface area contributed by atoms with Gasteiger partial charge in [-0.3, -0.25) is 4.79 Å². The molecule has 0 bridgehead atoms. The Bertz CT molecular complexity index is 443. The van der Waals surface area contributed by atoms with E-state index in [-0.39, 0.29) is 11.9 Å². The van der Waals surface area contributed by atoms with Gasteiger partial charge in [-0.2, -0.15) is 0 Å². The van der Waals surface area contributed by atoms with Crippen LogP contribution >= 0.6 is 0 Å². The summed E-state index contributed by atoms with van der Waals surface area (Å²) < 4.78 is 0. The zero-order valence-corrected chi connectivity index (χ0v) is 11.7. The van der Waals surface area contributed by atoms with Crippen LogP contribution in [0, 0.1) is 6.92 Å². The number of nitrogens with two attached hydrogens (primary N) is 1. The van der Waals surface area contributed by atoms with Crippen LogP contribution in [0.2, 0.25) is 0 Å². The molecular weight excluding hydrogens is 238 g/mol.